The topological polar surface area (TPSA) is 42.0 Å². The van der Waals surface area contributed by atoms with E-state index in [2.05, 4.69) is 22.4 Å². The highest BCUT2D eigenvalue weighted by Crippen LogP contribution is 2.17. The van der Waals surface area contributed by atoms with Crippen molar-refractivity contribution in [2.75, 3.05) is 5.75 Å². The summed E-state index contributed by atoms with van der Waals surface area (Å²) in [5.41, 5.74) is 0. The number of hydrogen-bond donors (Lipinski definition) is 1. The van der Waals surface area contributed by atoms with Crippen LogP contribution in [-0.4, -0.2) is 16.6 Å². The van der Waals surface area contributed by atoms with E-state index < -0.39 is 0 Å². The highest BCUT2D eigenvalue weighted by Gasteiger charge is 2.03. The number of aryl methyl sites for hydroxylation is 1. The number of thiazole rings is 1. The highest BCUT2D eigenvalue weighted by atomic mass is 32.2. The summed E-state index contributed by atoms with van der Waals surface area (Å²) in [6.45, 7) is 2.55. The minimum Gasteiger partial charge on any atom is -0.351 e. The van der Waals surface area contributed by atoms with Crippen LogP contribution < -0.4 is 5.32 Å². The maximum atomic E-state index is 11.7. The Kier molecular flexibility index (Phi) is 5.42. The van der Waals surface area contributed by atoms with Crippen molar-refractivity contribution in [2.24, 2.45) is 0 Å². The molecule has 0 saturated carbocycles. The number of hydrogen-bond acceptors (Lipinski definition) is 4. The van der Waals surface area contributed by atoms with Crippen LogP contribution in [0, 0.1) is 6.92 Å². The first-order valence-electron chi connectivity index (χ1n) is 6.10. The lowest BCUT2D eigenvalue weighted by atomic mass is 10.4. The first-order valence-corrected chi connectivity index (χ1v) is 7.90. The van der Waals surface area contributed by atoms with Gasteiger partial charge in [0, 0.05) is 28.1 Å². The molecule has 0 aliphatic carbocycles. The van der Waals surface area contributed by atoms with Gasteiger partial charge in [0.15, 0.2) is 0 Å². The highest BCUT2D eigenvalue weighted by molar-refractivity contribution is 7.99. The average molecular weight is 292 g/mol. The molecule has 0 fully saturated rings. The van der Waals surface area contributed by atoms with Gasteiger partial charge in [0.05, 0.1) is 11.6 Å². The second-order valence-electron chi connectivity index (χ2n) is 4.03. The van der Waals surface area contributed by atoms with Gasteiger partial charge in [0.1, 0.15) is 0 Å². The summed E-state index contributed by atoms with van der Waals surface area (Å²) in [6.07, 6.45) is 2.36. The van der Waals surface area contributed by atoms with Gasteiger partial charge in [0.2, 0.25) is 5.91 Å². The van der Waals surface area contributed by atoms with E-state index >= 15 is 0 Å². The average Bonchev–Trinajstić information content (AvgIpc) is 2.83. The number of nitrogens with one attached hydrogen (secondary N) is 1. The maximum absolute atomic E-state index is 11.7. The second-order valence-corrected chi connectivity index (χ2v) is 6.52. The molecule has 1 N–H and O–H groups in total. The monoisotopic (exact) mass is 292 g/mol. The molecule has 2 rings (SSSR count). The molecule has 0 aliphatic heterocycles. The third-order valence-electron chi connectivity index (χ3n) is 2.47. The third-order valence-corrected chi connectivity index (χ3v) is 4.40. The van der Waals surface area contributed by atoms with Gasteiger partial charge < -0.3 is 5.32 Å². The van der Waals surface area contributed by atoms with Crippen LogP contribution in [0.2, 0.25) is 0 Å². The number of benzene rings is 1. The first-order chi connectivity index (χ1) is 9.24. The molecule has 5 heteroatoms. The van der Waals surface area contributed by atoms with Crippen LogP contribution in [-0.2, 0) is 11.3 Å². The number of amides is 1. The Hall–Kier alpha value is -1.33. The zero-order chi connectivity index (χ0) is 13.5. The molecule has 1 heterocycles. The minimum absolute atomic E-state index is 0.0921. The van der Waals surface area contributed by atoms with Gasteiger partial charge in [-0.3, -0.25) is 4.79 Å². The van der Waals surface area contributed by atoms with Crippen LogP contribution in [0.1, 0.15) is 16.3 Å². The molecule has 0 aliphatic rings. The molecule has 0 saturated heterocycles. The summed E-state index contributed by atoms with van der Waals surface area (Å²) >= 11 is 3.32. The van der Waals surface area contributed by atoms with Crippen LogP contribution in [0.25, 0.3) is 0 Å². The Morgan fingerprint density at radius 1 is 1.37 bits per heavy atom. The lowest BCUT2D eigenvalue weighted by molar-refractivity contribution is -0.120. The lowest BCUT2D eigenvalue weighted by Crippen LogP contribution is -2.22. The number of aromatic nitrogens is 1. The lowest BCUT2D eigenvalue weighted by Gasteiger charge is -2.03. The van der Waals surface area contributed by atoms with Crippen molar-refractivity contribution >= 4 is 29.0 Å². The van der Waals surface area contributed by atoms with E-state index in [0.29, 0.717) is 13.0 Å². The number of rotatable bonds is 6. The van der Waals surface area contributed by atoms with Gasteiger partial charge in [-0.2, -0.15) is 0 Å². The zero-order valence-electron chi connectivity index (χ0n) is 10.8. The smallest absolute Gasteiger partial charge is 0.221 e. The molecule has 0 spiro atoms. The molecule has 1 aromatic carbocycles. The fourth-order valence-electron chi connectivity index (χ4n) is 1.54. The summed E-state index contributed by atoms with van der Waals surface area (Å²) < 4.78 is 0. The van der Waals surface area contributed by atoms with Crippen molar-refractivity contribution < 1.29 is 4.79 Å². The molecule has 0 bridgehead atoms. The Labute approximate surface area is 121 Å². The quantitative estimate of drug-likeness (QED) is 0.831. The summed E-state index contributed by atoms with van der Waals surface area (Å²) in [5.74, 6) is 0.895. The molecule has 1 amide bonds. The van der Waals surface area contributed by atoms with E-state index in [4.69, 9.17) is 0 Å². The summed E-state index contributed by atoms with van der Waals surface area (Å²) in [4.78, 5) is 18.1. The van der Waals surface area contributed by atoms with Crippen molar-refractivity contribution in [3.05, 3.63) is 46.4 Å². The van der Waals surface area contributed by atoms with Gasteiger partial charge >= 0.3 is 0 Å². The Morgan fingerprint density at radius 3 is 2.84 bits per heavy atom. The van der Waals surface area contributed by atoms with E-state index in [0.717, 1.165) is 15.6 Å². The van der Waals surface area contributed by atoms with E-state index in [1.54, 1.807) is 23.1 Å². The standard InChI is InChI=1S/C14H16N2OS2/c1-11-15-9-13(19-11)10-16-14(17)7-8-18-12-5-3-2-4-6-12/h2-6,9H,7-8,10H2,1H3,(H,16,17). The van der Waals surface area contributed by atoms with E-state index in [9.17, 15) is 4.79 Å². The van der Waals surface area contributed by atoms with Crippen LogP contribution in [0.15, 0.2) is 41.4 Å². The van der Waals surface area contributed by atoms with Crippen molar-refractivity contribution in [1.29, 1.82) is 0 Å². The van der Waals surface area contributed by atoms with Crippen molar-refractivity contribution in [3.8, 4) is 0 Å². The van der Waals surface area contributed by atoms with E-state index in [1.165, 1.54) is 4.90 Å². The maximum Gasteiger partial charge on any atom is 0.221 e. The molecular weight excluding hydrogens is 276 g/mol. The van der Waals surface area contributed by atoms with Crippen molar-refractivity contribution in [1.82, 2.24) is 10.3 Å². The molecule has 2 aromatic rings. The van der Waals surface area contributed by atoms with Gasteiger partial charge in [-0.15, -0.1) is 23.1 Å². The van der Waals surface area contributed by atoms with E-state index in [-0.39, 0.29) is 5.91 Å². The number of carbonyl (C=O) groups is 1. The van der Waals surface area contributed by atoms with Gasteiger partial charge in [-0.25, -0.2) is 4.98 Å². The third kappa shape index (κ3) is 5.04. The largest absolute Gasteiger partial charge is 0.351 e. The summed E-state index contributed by atoms with van der Waals surface area (Å²) in [6, 6.07) is 10.1. The summed E-state index contributed by atoms with van der Waals surface area (Å²) in [5, 5.41) is 3.95. The van der Waals surface area contributed by atoms with E-state index in [1.807, 2.05) is 31.3 Å². The Morgan fingerprint density at radius 2 is 2.16 bits per heavy atom. The molecule has 19 heavy (non-hydrogen) atoms. The van der Waals surface area contributed by atoms with Crippen LogP contribution >= 0.6 is 23.1 Å². The molecule has 3 nitrogen and oxygen atoms in total. The van der Waals surface area contributed by atoms with Gasteiger partial charge in [-0.1, -0.05) is 18.2 Å². The van der Waals surface area contributed by atoms with Gasteiger partial charge in [-0.05, 0) is 19.1 Å². The number of thioether (sulfide) groups is 1. The number of nitrogens with zero attached hydrogens (tertiary/aromatic N) is 1. The Bertz CT molecular complexity index is 525. The predicted molar refractivity (Wildman–Crippen MR) is 80.5 cm³/mol. The van der Waals surface area contributed by atoms with Gasteiger partial charge in [0.25, 0.3) is 0 Å². The second kappa shape index (κ2) is 7.31. The normalized spacial score (nSPS) is 10.4. The van der Waals surface area contributed by atoms with Crippen molar-refractivity contribution in [3.63, 3.8) is 0 Å². The number of carbonyl (C=O) groups excluding carboxylic acids is 1. The molecule has 100 valence electrons. The molecule has 0 radical (unpaired) electrons. The Balaban J connectivity index is 1.65. The fourth-order valence-corrected chi connectivity index (χ4v) is 3.15. The van der Waals surface area contributed by atoms with Crippen LogP contribution in [0.5, 0.6) is 0 Å². The van der Waals surface area contributed by atoms with Crippen LogP contribution in [0.3, 0.4) is 0 Å². The molecule has 0 unspecified atom stereocenters. The predicted octanol–water partition coefficient (Wildman–Crippen LogP) is 3.25. The molecular formula is C14H16N2OS2. The van der Waals surface area contributed by atoms with Crippen LogP contribution in [0.4, 0.5) is 0 Å². The minimum atomic E-state index is 0.0921. The SMILES string of the molecule is Cc1ncc(CNC(=O)CCSc2ccccc2)s1. The fraction of sp³-hybridized carbons (Fsp3) is 0.286. The molecule has 0 atom stereocenters. The van der Waals surface area contributed by atoms with Crippen molar-refractivity contribution in [2.45, 2.75) is 24.8 Å². The zero-order valence-corrected chi connectivity index (χ0v) is 12.4. The summed E-state index contributed by atoms with van der Waals surface area (Å²) in [7, 11) is 0. The first kappa shape index (κ1) is 14.1. The molecule has 1 aromatic heterocycles.